The van der Waals surface area contributed by atoms with Crippen LogP contribution in [0, 0.1) is 5.92 Å². The van der Waals surface area contributed by atoms with Crippen molar-refractivity contribution in [3.63, 3.8) is 0 Å². The third-order valence-corrected chi connectivity index (χ3v) is 6.29. The van der Waals surface area contributed by atoms with Crippen LogP contribution in [-0.4, -0.2) is 38.1 Å². The fourth-order valence-electron chi connectivity index (χ4n) is 2.50. The molecule has 2 aromatic rings. The third-order valence-electron chi connectivity index (χ3n) is 4.00. The molecule has 1 atom stereocenters. The first-order chi connectivity index (χ1) is 12.8. The molecule has 3 rings (SSSR count). The molecule has 0 spiro atoms. The first-order valence-corrected chi connectivity index (χ1v) is 10.7. The Morgan fingerprint density at radius 1 is 1.26 bits per heavy atom. The van der Waals surface area contributed by atoms with Gasteiger partial charge in [-0.3, -0.25) is 4.79 Å². The van der Waals surface area contributed by atoms with Crippen molar-refractivity contribution in [2.75, 3.05) is 13.2 Å². The van der Waals surface area contributed by atoms with Crippen molar-refractivity contribution in [2.45, 2.75) is 24.8 Å². The molecule has 0 saturated carbocycles. The number of hydrogen-bond donors (Lipinski definition) is 1. The molecule has 146 valence electrons. The molecule has 1 aromatic heterocycles. The molecule has 0 aliphatic carbocycles. The zero-order chi connectivity index (χ0) is 19.6. The van der Waals surface area contributed by atoms with Crippen LogP contribution >= 0.6 is 11.3 Å². The number of nitrogens with zero attached hydrogens (tertiary/aromatic N) is 2. The van der Waals surface area contributed by atoms with Gasteiger partial charge in [0.2, 0.25) is 10.0 Å². The van der Waals surface area contributed by atoms with E-state index in [1.807, 2.05) is 0 Å². The third kappa shape index (κ3) is 4.40. The minimum atomic E-state index is -3.94. The molecule has 27 heavy (non-hydrogen) atoms. The van der Waals surface area contributed by atoms with Gasteiger partial charge in [-0.25, -0.2) is 8.42 Å². The van der Waals surface area contributed by atoms with E-state index in [1.165, 1.54) is 23.5 Å². The number of thiazole rings is 1. The maximum Gasteiger partial charge on any atom is 0.266 e. The van der Waals surface area contributed by atoms with Crippen molar-refractivity contribution in [1.29, 1.82) is 0 Å². The lowest BCUT2D eigenvalue weighted by Crippen LogP contribution is -2.44. The number of sulfonamides is 1. The van der Waals surface area contributed by atoms with Crippen LogP contribution in [0.4, 0.5) is 0 Å². The maximum atomic E-state index is 12.8. The molecule has 1 amide bonds. The minimum Gasteiger partial charge on any atom is -0.486 e. The highest BCUT2D eigenvalue weighted by Gasteiger charge is 2.29. The van der Waals surface area contributed by atoms with Gasteiger partial charge in [0.15, 0.2) is 16.3 Å². The number of carbonyl (C=O) groups excluding carboxylic acids is 1. The fraction of sp³-hybridized carbons (Fsp3) is 0.412. The van der Waals surface area contributed by atoms with Gasteiger partial charge >= 0.3 is 0 Å². The molecule has 2 heterocycles. The molecule has 1 aromatic carbocycles. The first-order valence-electron chi connectivity index (χ1n) is 8.38. The molecule has 0 fully saturated rings. The van der Waals surface area contributed by atoms with Crippen LogP contribution in [0.1, 0.15) is 13.8 Å². The van der Waals surface area contributed by atoms with Gasteiger partial charge in [0.05, 0.1) is 4.90 Å². The van der Waals surface area contributed by atoms with Gasteiger partial charge in [0.1, 0.15) is 19.3 Å². The van der Waals surface area contributed by atoms with Gasteiger partial charge in [-0.1, -0.05) is 13.8 Å². The number of aromatic nitrogens is 1. The van der Waals surface area contributed by atoms with Crippen molar-refractivity contribution in [3.05, 3.63) is 34.6 Å². The standard InChI is InChI=1S/C17H21N3O5S2/c1-11(2)15(16(21)18-17-20(3)6-9-26-17)19-27(22,23)12-4-5-13-14(10-12)25-8-7-24-13/h4-6,9-11,15,19H,7-8H2,1-3H3/t15-/m0/s1. The molecule has 1 aliphatic heterocycles. The van der Waals surface area contributed by atoms with Crippen molar-refractivity contribution >= 4 is 27.3 Å². The lowest BCUT2D eigenvalue weighted by molar-refractivity contribution is -0.120. The molecule has 10 heteroatoms. The van der Waals surface area contributed by atoms with E-state index < -0.39 is 22.0 Å². The molecule has 0 unspecified atom stereocenters. The van der Waals surface area contributed by atoms with Crippen molar-refractivity contribution in [1.82, 2.24) is 9.29 Å². The summed E-state index contributed by atoms with van der Waals surface area (Å²) in [6.45, 7) is 4.30. The lowest BCUT2D eigenvalue weighted by Gasteiger charge is -2.21. The van der Waals surface area contributed by atoms with Gasteiger partial charge in [-0.05, 0) is 18.1 Å². The quantitative estimate of drug-likeness (QED) is 0.799. The van der Waals surface area contributed by atoms with Crippen molar-refractivity contribution < 1.29 is 22.7 Å². The number of aryl methyl sites for hydroxylation is 1. The van der Waals surface area contributed by atoms with E-state index in [0.29, 0.717) is 29.5 Å². The molecular weight excluding hydrogens is 390 g/mol. The Hall–Kier alpha value is -2.17. The van der Waals surface area contributed by atoms with Crippen molar-refractivity contribution in [3.8, 4) is 11.5 Å². The maximum absolute atomic E-state index is 12.8. The van der Waals surface area contributed by atoms with Crippen LogP contribution in [0.25, 0.3) is 0 Å². The van der Waals surface area contributed by atoms with Crippen LogP contribution in [-0.2, 0) is 21.9 Å². The summed E-state index contributed by atoms with van der Waals surface area (Å²) in [5.41, 5.74) is 0. The second-order valence-corrected chi connectivity index (χ2v) is 8.98. The Morgan fingerprint density at radius 2 is 1.96 bits per heavy atom. The molecule has 1 aliphatic rings. The number of hydrogen-bond acceptors (Lipinski definition) is 6. The number of fused-ring (bicyclic) bond motifs is 1. The fourth-order valence-corrected chi connectivity index (χ4v) is 4.58. The predicted molar refractivity (Wildman–Crippen MR) is 100 cm³/mol. The van der Waals surface area contributed by atoms with E-state index in [2.05, 4.69) is 9.71 Å². The zero-order valence-electron chi connectivity index (χ0n) is 15.2. The normalized spacial score (nSPS) is 15.8. The highest BCUT2D eigenvalue weighted by atomic mass is 32.2. The average molecular weight is 412 g/mol. The van der Waals surface area contributed by atoms with Gasteiger partial charge in [0.25, 0.3) is 5.91 Å². The Bertz CT molecular complexity index is 1010. The van der Waals surface area contributed by atoms with Gasteiger partial charge in [-0.15, -0.1) is 11.3 Å². The topological polar surface area (TPSA) is 99.0 Å². The smallest absolute Gasteiger partial charge is 0.266 e. The second-order valence-electron chi connectivity index (χ2n) is 6.39. The van der Waals surface area contributed by atoms with Gasteiger partial charge in [-0.2, -0.15) is 9.71 Å². The monoisotopic (exact) mass is 411 g/mol. The second kappa shape index (κ2) is 7.83. The lowest BCUT2D eigenvalue weighted by atomic mass is 10.1. The minimum absolute atomic E-state index is 0.00637. The average Bonchev–Trinajstić information content (AvgIpc) is 3.03. The Balaban J connectivity index is 1.87. The summed E-state index contributed by atoms with van der Waals surface area (Å²) < 4.78 is 40.6. The van der Waals surface area contributed by atoms with E-state index in [1.54, 1.807) is 43.1 Å². The Labute approximate surface area is 161 Å². The highest BCUT2D eigenvalue weighted by molar-refractivity contribution is 7.89. The number of rotatable bonds is 5. The summed E-state index contributed by atoms with van der Waals surface area (Å²) in [4.78, 5) is 17.2. The van der Waals surface area contributed by atoms with Gasteiger partial charge < -0.3 is 14.0 Å². The predicted octanol–water partition coefficient (Wildman–Crippen LogP) is 1.29. The largest absolute Gasteiger partial charge is 0.486 e. The molecule has 8 nitrogen and oxygen atoms in total. The van der Waals surface area contributed by atoms with Crippen LogP contribution < -0.4 is 19.0 Å². The van der Waals surface area contributed by atoms with Crippen LogP contribution in [0.15, 0.2) is 39.7 Å². The summed E-state index contributed by atoms with van der Waals surface area (Å²) >= 11 is 1.30. The van der Waals surface area contributed by atoms with Crippen LogP contribution in [0.5, 0.6) is 11.5 Å². The van der Waals surface area contributed by atoms with Crippen molar-refractivity contribution in [2.24, 2.45) is 18.0 Å². The number of amides is 1. The SMILES string of the molecule is CC(C)[C@H](NS(=O)(=O)c1ccc2c(c1)OCCO2)C(=O)N=c1sccn1C. The number of ether oxygens (including phenoxy) is 2. The van der Waals surface area contributed by atoms with E-state index in [4.69, 9.17) is 9.47 Å². The summed E-state index contributed by atoms with van der Waals surface area (Å²) in [6.07, 6.45) is 1.78. The zero-order valence-corrected chi connectivity index (χ0v) is 16.8. The number of nitrogens with one attached hydrogen (secondary N) is 1. The van der Waals surface area contributed by atoms with Crippen LogP contribution in [0.3, 0.4) is 0 Å². The first kappa shape index (κ1) is 19.6. The van der Waals surface area contributed by atoms with E-state index in [0.717, 1.165) is 0 Å². The number of carbonyl (C=O) groups is 1. The van der Waals surface area contributed by atoms with Gasteiger partial charge in [0, 0.05) is 24.7 Å². The summed E-state index contributed by atoms with van der Waals surface area (Å²) in [7, 11) is -2.17. The summed E-state index contributed by atoms with van der Waals surface area (Å²) in [5, 5.41) is 1.80. The molecule has 0 saturated heterocycles. The Kier molecular flexibility index (Phi) is 5.68. The summed E-state index contributed by atoms with van der Waals surface area (Å²) in [6, 6.07) is 3.39. The highest BCUT2D eigenvalue weighted by Crippen LogP contribution is 2.32. The number of benzene rings is 1. The van der Waals surface area contributed by atoms with Crippen LogP contribution in [0.2, 0.25) is 0 Å². The molecular formula is C17H21N3O5S2. The molecule has 0 radical (unpaired) electrons. The van der Waals surface area contributed by atoms with E-state index in [9.17, 15) is 13.2 Å². The molecule has 1 N–H and O–H groups in total. The molecule has 0 bridgehead atoms. The summed E-state index contributed by atoms with van der Waals surface area (Å²) in [5.74, 6) is 0.0476. The van der Waals surface area contributed by atoms with E-state index in [-0.39, 0.29) is 10.8 Å². The Morgan fingerprint density at radius 3 is 2.59 bits per heavy atom. The van der Waals surface area contributed by atoms with E-state index >= 15 is 0 Å².